The van der Waals surface area contributed by atoms with Crippen LogP contribution in [0.1, 0.15) is 17.0 Å². The summed E-state index contributed by atoms with van der Waals surface area (Å²) in [5.41, 5.74) is 2.71. The number of rotatable bonds is 4. The van der Waals surface area contributed by atoms with Gasteiger partial charge in [0, 0.05) is 13.1 Å². The van der Waals surface area contributed by atoms with Crippen LogP contribution in [0, 0.1) is 0 Å². The lowest BCUT2D eigenvalue weighted by atomic mass is 9.89. The largest absolute Gasteiger partial charge is 0.480 e. The highest BCUT2D eigenvalue weighted by atomic mass is 16.5. The number of hydrogen-bond acceptors (Lipinski definition) is 4. The first-order valence-electron chi connectivity index (χ1n) is 13.1. The molecule has 1 fully saturated rings. The van der Waals surface area contributed by atoms with Crippen molar-refractivity contribution >= 4 is 29.3 Å². The van der Waals surface area contributed by atoms with Crippen LogP contribution in [0.2, 0.25) is 0 Å². The fraction of sp³-hybridized carbons (Fsp3) is 0.156. The number of ether oxygens (including phenoxy) is 1. The summed E-state index contributed by atoms with van der Waals surface area (Å²) in [5.74, 6) is -0.945. The Labute approximate surface area is 231 Å². The van der Waals surface area contributed by atoms with Gasteiger partial charge in [-0.25, -0.2) is 9.59 Å². The molecular formula is C32H27N3O5. The van der Waals surface area contributed by atoms with Gasteiger partial charge < -0.3 is 19.6 Å². The van der Waals surface area contributed by atoms with E-state index < -0.39 is 24.0 Å². The van der Waals surface area contributed by atoms with E-state index in [9.17, 15) is 19.5 Å². The van der Waals surface area contributed by atoms with Crippen molar-refractivity contribution in [1.82, 2.24) is 9.80 Å². The molecule has 0 spiro atoms. The average molecular weight is 534 g/mol. The summed E-state index contributed by atoms with van der Waals surface area (Å²) < 4.78 is 6.00. The van der Waals surface area contributed by atoms with Crippen molar-refractivity contribution in [3.63, 3.8) is 0 Å². The summed E-state index contributed by atoms with van der Waals surface area (Å²) >= 11 is 0. The molecule has 0 aromatic heterocycles. The van der Waals surface area contributed by atoms with Crippen molar-refractivity contribution in [2.24, 2.45) is 0 Å². The number of urea groups is 1. The monoisotopic (exact) mass is 533 g/mol. The maximum absolute atomic E-state index is 14.1. The van der Waals surface area contributed by atoms with Crippen molar-refractivity contribution in [3.8, 4) is 11.5 Å². The Morgan fingerprint density at radius 3 is 1.73 bits per heavy atom. The van der Waals surface area contributed by atoms with Crippen molar-refractivity contribution in [2.75, 3.05) is 24.5 Å². The third-order valence-electron chi connectivity index (χ3n) is 7.36. The number of carbonyl (C=O) groups is 3. The van der Waals surface area contributed by atoms with Crippen molar-refractivity contribution in [1.29, 1.82) is 0 Å². The highest BCUT2D eigenvalue weighted by molar-refractivity contribution is 6.05. The zero-order valence-corrected chi connectivity index (χ0v) is 21.6. The van der Waals surface area contributed by atoms with E-state index in [1.54, 1.807) is 41.3 Å². The van der Waals surface area contributed by atoms with Crippen LogP contribution in [-0.4, -0.2) is 58.5 Å². The van der Waals surface area contributed by atoms with Gasteiger partial charge >= 0.3 is 12.0 Å². The Morgan fingerprint density at radius 1 is 0.700 bits per heavy atom. The predicted molar refractivity (Wildman–Crippen MR) is 150 cm³/mol. The molecule has 4 aromatic rings. The van der Waals surface area contributed by atoms with Crippen molar-refractivity contribution in [2.45, 2.75) is 12.0 Å². The van der Waals surface area contributed by atoms with Crippen molar-refractivity contribution in [3.05, 3.63) is 120 Å². The zero-order chi connectivity index (χ0) is 27.6. The second-order valence-corrected chi connectivity index (χ2v) is 9.74. The lowest BCUT2D eigenvalue weighted by Crippen LogP contribution is -2.62. The average Bonchev–Trinajstić information content (AvgIpc) is 3.00. The van der Waals surface area contributed by atoms with Crippen molar-refractivity contribution < 1.29 is 24.2 Å². The Bertz CT molecular complexity index is 1470. The number of piperazine rings is 1. The maximum atomic E-state index is 14.1. The number of fused-ring (bicyclic) bond motifs is 2. The van der Waals surface area contributed by atoms with Gasteiger partial charge in [-0.15, -0.1) is 0 Å². The number of hydrogen-bond donors (Lipinski definition) is 1. The smallest absolute Gasteiger partial charge is 0.330 e. The predicted octanol–water partition coefficient (Wildman–Crippen LogP) is 5.48. The number of benzene rings is 4. The van der Waals surface area contributed by atoms with E-state index in [1.165, 1.54) is 9.80 Å². The number of nitrogens with zero attached hydrogens (tertiary/aromatic N) is 3. The van der Waals surface area contributed by atoms with Crippen LogP contribution < -0.4 is 9.64 Å². The number of amides is 3. The molecule has 0 bridgehead atoms. The number of carbonyl (C=O) groups excluding carboxylic acids is 2. The molecule has 6 rings (SSSR count). The van der Waals surface area contributed by atoms with Crippen LogP contribution in [0.3, 0.4) is 0 Å². The molecule has 200 valence electrons. The molecule has 2 aliphatic heterocycles. The van der Waals surface area contributed by atoms with E-state index in [2.05, 4.69) is 0 Å². The van der Waals surface area contributed by atoms with E-state index in [-0.39, 0.29) is 25.5 Å². The molecule has 3 amide bonds. The standard InChI is InChI=1S/C32H27N3O5/c36-30(29(22-11-3-1-4-12-22)23-13-5-2-6-14-23)33-19-20-34(26(21-33)31(37)38)32(39)35-24-15-7-9-17-27(24)40-28-18-10-8-16-25(28)35/h1-18,26,29H,19-21H2,(H,37,38)/t26-/m0/s1. The Balaban J connectivity index is 1.30. The quantitative estimate of drug-likeness (QED) is 0.375. The van der Waals surface area contributed by atoms with Gasteiger partial charge in [0.25, 0.3) is 0 Å². The lowest BCUT2D eigenvalue weighted by molar-refractivity contribution is -0.146. The van der Waals surface area contributed by atoms with Crippen LogP contribution in [0.25, 0.3) is 0 Å². The SMILES string of the molecule is O=C(O)[C@@H]1CN(C(=O)C(c2ccccc2)c2ccccc2)CCN1C(=O)N1c2ccccc2Oc2ccccc21. The van der Waals surface area contributed by atoms with Crippen LogP contribution in [-0.2, 0) is 9.59 Å². The van der Waals surface area contributed by atoms with E-state index in [0.717, 1.165) is 11.1 Å². The minimum Gasteiger partial charge on any atom is -0.480 e. The Hall–Kier alpha value is -5.11. The molecule has 1 atom stereocenters. The molecule has 1 saturated heterocycles. The highest BCUT2D eigenvalue weighted by Gasteiger charge is 2.42. The Morgan fingerprint density at radius 2 is 1.20 bits per heavy atom. The molecule has 1 N–H and O–H groups in total. The second-order valence-electron chi connectivity index (χ2n) is 9.74. The Kier molecular flexibility index (Phi) is 6.66. The van der Waals surface area contributed by atoms with E-state index >= 15 is 0 Å². The fourth-order valence-electron chi connectivity index (χ4n) is 5.41. The fourth-order valence-corrected chi connectivity index (χ4v) is 5.41. The maximum Gasteiger partial charge on any atom is 0.330 e. The van der Waals surface area contributed by atoms with E-state index in [4.69, 9.17) is 4.74 Å². The van der Waals surface area contributed by atoms with Gasteiger partial charge in [0.05, 0.1) is 23.8 Å². The first-order valence-corrected chi connectivity index (χ1v) is 13.1. The summed E-state index contributed by atoms with van der Waals surface area (Å²) in [4.78, 5) is 45.0. The number of carboxylic acids is 1. The molecule has 8 nitrogen and oxygen atoms in total. The van der Waals surface area contributed by atoms with Gasteiger partial charge in [-0.2, -0.15) is 0 Å². The zero-order valence-electron chi connectivity index (χ0n) is 21.6. The number of anilines is 2. The molecular weight excluding hydrogens is 506 g/mol. The van der Waals surface area contributed by atoms with Gasteiger partial charge in [-0.3, -0.25) is 9.69 Å². The summed E-state index contributed by atoms with van der Waals surface area (Å²) in [6.45, 7) is 0.154. The molecule has 40 heavy (non-hydrogen) atoms. The molecule has 0 radical (unpaired) electrons. The molecule has 0 unspecified atom stereocenters. The topological polar surface area (TPSA) is 90.4 Å². The molecule has 0 aliphatic carbocycles. The van der Waals surface area contributed by atoms with Gasteiger partial charge in [0.2, 0.25) is 5.91 Å². The summed E-state index contributed by atoms with van der Waals surface area (Å²) in [6, 6.07) is 31.5. The first kappa shape index (κ1) is 25.2. The van der Waals surface area contributed by atoms with Crippen LogP contribution in [0.5, 0.6) is 11.5 Å². The van der Waals surface area contributed by atoms with Gasteiger partial charge in [0.15, 0.2) is 11.5 Å². The second kappa shape index (κ2) is 10.6. The van der Waals surface area contributed by atoms with Gasteiger partial charge in [-0.1, -0.05) is 84.9 Å². The van der Waals surface area contributed by atoms with Crippen LogP contribution >= 0.6 is 0 Å². The van der Waals surface area contributed by atoms with E-state index in [1.807, 2.05) is 72.8 Å². The number of carboxylic acid groups (broad SMARTS) is 1. The van der Waals surface area contributed by atoms with Gasteiger partial charge in [-0.05, 0) is 35.4 Å². The van der Waals surface area contributed by atoms with E-state index in [0.29, 0.717) is 22.9 Å². The first-order chi connectivity index (χ1) is 19.5. The summed E-state index contributed by atoms with van der Waals surface area (Å²) in [6.07, 6.45) is 0. The molecule has 0 saturated carbocycles. The minimum absolute atomic E-state index is 0.0690. The number of para-hydroxylation sites is 4. The normalized spacial score (nSPS) is 16.1. The van der Waals surface area contributed by atoms with Crippen LogP contribution in [0.4, 0.5) is 16.2 Å². The summed E-state index contributed by atoms with van der Waals surface area (Å²) in [7, 11) is 0. The molecule has 8 heteroatoms. The number of aliphatic carboxylic acids is 1. The third-order valence-corrected chi connectivity index (χ3v) is 7.36. The highest BCUT2D eigenvalue weighted by Crippen LogP contribution is 2.47. The summed E-state index contributed by atoms with van der Waals surface area (Å²) in [5, 5.41) is 10.2. The van der Waals surface area contributed by atoms with Gasteiger partial charge in [0.1, 0.15) is 6.04 Å². The molecule has 2 heterocycles. The molecule has 4 aromatic carbocycles. The third kappa shape index (κ3) is 4.53. The lowest BCUT2D eigenvalue weighted by Gasteiger charge is -2.43. The minimum atomic E-state index is -1.22. The molecule has 2 aliphatic rings. The van der Waals surface area contributed by atoms with Crippen LogP contribution in [0.15, 0.2) is 109 Å².